The average molecular weight is 559 g/mol. The van der Waals surface area contributed by atoms with Crippen molar-refractivity contribution in [3.05, 3.63) is 75.1 Å². The van der Waals surface area contributed by atoms with E-state index in [9.17, 15) is 22.8 Å². The summed E-state index contributed by atoms with van der Waals surface area (Å²) in [5, 5.41) is 9.11. The number of nitrogens with zero attached hydrogens (tertiary/aromatic N) is 6. The Bertz CT molecular complexity index is 1500. The first-order valence-corrected chi connectivity index (χ1v) is 13.0. The highest BCUT2D eigenvalue weighted by Crippen LogP contribution is 2.41. The molecule has 12 heteroatoms. The van der Waals surface area contributed by atoms with Crippen molar-refractivity contribution >= 4 is 29.0 Å². The SMILES string of the molecule is [C-]#[N+]c1cc(C(=O)N2Cc3c(nn4c3C(=O)C([C@H](C)c3ccn(CC(F)(F)F)n3)C[C@H]4C)C[C@H]2C)ccc1Cl. The second kappa shape index (κ2) is 9.83. The number of rotatable bonds is 4. The van der Waals surface area contributed by atoms with Gasteiger partial charge >= 0.3 is 6.18 Å². The summed E-state index contributed by atoms with van der Waals surface area (Å²) in [6.07, 6.45) is -2.17. The molecule has 0 N–H and O–H groups in total. The van der Waals surface area contributed by atoms with Gasteiger partial charge in [-0.25, -0.2) is 4.85 Å². The highest BCUT2D eigenvalue weighted by molar-refractivity contribution is 6.33. The number of amides is 1. The Labute approximate surface area is 228 Å². The van der Waals surface area contributed by atoms with E-state index >= 15 is 0 Å². The van der Waals surface area contributed by atoms with Crippen molar-refractivity contribution in [2.24, 2.45) is 5.92 Å². The van der Waals surface area contributed by atoms with E-state index in [1.165, 1.54) is 24.4 Å². The van der Waals surface area contributed by atoms with Crippen molar-refractivity contribution in [3.8, 4) is 0 Å². The van der Waals surface area contributed by atoms with Crippen molar-refractivity contribution < 1.29 is 22.8 Å². The van der Waals surface area contributed by atoms with Gasteiger partial charge in [0.1, 0.15) is 12.2 Å². The van der Waals surface area contributed by atoms with Crippen LogP contribution in [0.15, 0.2) is 30.5 Å². The predicted octanol–water partition coefficient (Wildman–Crippen LogP) is 6.00. The standard InChI is InChI=1S/C27H26ClF3N6O2/c1-14-10-22-19(12-36(14)26(39)17-5-6-20(28)23(11-17)32-4)24-25(38)18(9-15(2)37(24)34-22)16(3)21-7-8-35(33-21)13-27(29,30)31/h5-8,11,14-16,18H,9-10,12-13H2,1-3H3/t14-,15-,16+,18?/m1/s1. The molecule has 0 radical (unpaired) electrons. The molecule has 1 aromatic carbocycles. The first-order valence-electron chi connectivity index (χ1n) is 12.6. The van der Waals surface area contributed by atoms with E-state index in [-0.39, 0.29) is 41.0 Å². The van der Waals surface area contributed by atoms with E-state index in [1.54, 1.807) is 22.6 Å². The Morgan fingerprint density at radius 1 is 1.23 bits per heavy atom. The summed E-state index contributed by atoms with van der Waals surface area (Å²) in [6, 6.07) is 5.80. The Morgan fingerprint density at radius 3 is 2.67 bits per heavy atom. The summed E-state index contributed by atoms with van der Waals surface area (Å²) in [4.78, 5) is 32.4. The molecule has 0 aliphatic carbocycles. The maximum absolute atomic E-state index is 13.9. The lowest BCUT2D eigenvalue weighted by atomic mass is 9.79. The van der Waals surface area contributed by atoms with E-state index in [0.717, 1.165) is 10.4 Å². The van der Waals surface area contributed by atoms with Crippen LogP contribution in [0.25, 0.3) is 4.85 Å². The van der Waals surface area contributed by atoms with Gasteiger partial charge in [-0.05, 0) is 32.4 Å². The second-order valence-electron chi connectivity index (χ2n) is 10.4. The summed E-state index contributed by atoms with van der Waals surface area (Å²) < 4.78 is 41.0. The summed E-state index contributed by atoms with van der Waals surface area (Å²) >= 11 is 6.05. The fourth-order valence-electron chi connectivity index (χ4n) is 5.59. The number of hydrogen-bond donors (Lipinski definition) is 0. The normalized spacial score (nSPS) is 21.7. The molecule has 39 heavy (non-hydrogen) atoms. The molecular formula is C27H26ClF3N6O2. The zero-order valence-electron chi connectivity index (χ0n) is 21.5. The smallest absolute Gasteiger partial charge is 0.331 e. The van der Waals surface area contributed by atoms with Crippen molar-refractivity contribution in [1.82, 2.24) is 24.5 Å². The maximum Gasteiger partial charge on any atom is 0.408 e. The minimum Gasteiger partial charge on any atom is -0.331 e. The van der Waals surface area contributed by atoms with Crippen molar-refractivity contribution in [3.63, 3.8) is 0 Å². The van der Waals surface area contributed by atoms with Crippen LogP contribution in [-0.2, 0) is 19.5 Å². The first kappa shape index (κ1) is 26.9. The van der Waals surface area contributed by atoms with Crippen LogP contribution in [0.2, 0.25) is 5.02 Å². The maximum atomic E-state index is 13.9. The number of carbonyl (C=O) groups is 2. The molecular weight excluding hydrogens is 533 g/mol. The van der Waals surface area contributed by atoms with Gasteiger partial charge in [0.15, 0.2) is 5.78 Å². The van der Waals surface area contributed by atoms with Crippen molar-refractivity contribution in [2.45, 2.75) is 70.9 Å². The van der Waals surface area contributed by atoms with Crippen LogP contribution in [0.3, 0.4) is 0 Å². The summed E-state index contributed by atoms with van der Waals surface area (Å²) in [6.45, 7) is 12.0. The van der Waals surface area contributed by atoms with E-state index in [0.29, 0.717) is 35.4 Å². The molecule has 0 bridgehead atoms. The molecule has 1 unspecified atom stereocenters. The number of ketones is 1. The van der Waals surface area contributed by atoms with Gasteiger partial charge in [-0.2, -0.15) is 23.4 Å². The van der Waals surface area contributed by atoms with Crippen LogP contribution < -0.4 is 0 Å². The summed E-state index contributed by atoms with van der Waals surface area (Å²) in [7, 11) is 0. The minimum atomic E-state index is -4.39. The number of Topliss-reactive ketones (excluding diaryl/α,β-unsaturated/α-hetero) is 1. The molecule has 0 fully saturated rings. The van der Waals surface area contributed by atoms with Gasteiger partial charge in [0, 0.05) is 46.6 Å². The Balaban J connectivity index is 1.44. The number of fused-ring (bicyclic) bond motifs is 3. The van der Waals surface area contributed by atoms with E-state index in [4.69, 9.17) is 23.3 Å². The third kappa shape index (κ3) is 4.93. The van der Waals surface area contributed by atoms with Gasteiger partial charge in [0.05, 0.1) is 30.5 Å². The van der Waals surface area contributed by atoms with Gasteiger partial charge in [-0.1, -0.05) is 30.7 Å². The number of alkyl halides is 3. The summed E-state index contributed by atoms with van der Waals surface area (Å²) in [5.74, 6) is -1.33. The van der Waals surface area contributed by atoms with E-state index in [1.807, 2.05) is 13.8 Å². The predicted molar refractivity (Wildman–Crippen MR) is 137 cm³/mol. The Morgan fingerprint density at radius 2 is 1.97 bits per heavy atom. The lowest BCUT2D eigenvalue weighted by molar-refractivity contribution is -0.142. The van der Waals surface area contributed by atoms with Crippen LogP contribution >= 0.6 is 11.6 Å². The molecule has 0 spiro atoms. The number of carbonyl (C=O) groups excluding carboxylic acids is 2. The Hall–Kier alpha value is -3.65. The molecule has 0 saturated heterocycles. The van der Waals surface area contributed by atoms with Gasteiger partial charge in [0.2, 0.25) is 5.69 Å². The first-order chi connectivity index (χ1) is 18.4. The van der Waals surface area contributed by atoms with Gasteiger partial charge in [-0.3, -0.25) is 19.0 Å². The quantitative estimate of drug-likeness (QED) is 0.368. The summed E-state index contributed by atoms with van der Waals surface area (Å²) in [5.41, 5.74) is 2.85. The third-order valence-corrected chi connectivity index (χ3v) is 7.99. The molecule has 2 aliphatic heterocycles. The molecule has 3 aromatic rings. The number of aromatic nitrogens is 4. The van der Waals surface area contributed by atoms with Crippen LogP contribution in [0, 0.1) is 12.5 Å². The van der Waals surface area contributed by atoms with Crippen molar-refractivity contribution in [1.29, 1.82) is 0 Å². The topological polar surface area (TPSA) is 77.4 Å². The molecule has 2 aromatic heterocycles. The fraction of sp³-hybridized carbons (Fsp3) is 0.444. The van der Waals surface area contributed by atoms with Crippen LogP contribution in [0.4, 0.5) is 18.9 Å². The van der Waals surface area contributed by atoms with Crippen LogP contribution in [-0.4, -0.2) is 48.4 Å². The molecule has 5 rings (SSSR count). The van der Waals surface area contributed by atoms with Gasteiger partial charge in [-0.15, -0.1) is 0 Å². The molecule has 204 valence electrons. The number of halogens is 4. The highest BCUT2D eigenvalue weighted by Gasteiger charge is 2.42. The third-order valence-electron chi connectivity index (χ3n) is 7.67. The van der Waals surface area contributed by atoms with Gasteiger partial charge in [0.25, 0.3) is 5.91 Å². The van der Waals surface area contributed by atoms with Crippen LogP contribution in [0.1, 0.15) is 76.9 Å². The molecule has 0 saturated carbocycles. The van der Waals surface area contributed by atoms with Crippen LogP contribution in [0.5, 0.6) is 0 Å². The molecule has 1 amide bonds. The monoisotopic (exact) mass is 558 g/mol. The zero-order chi connectivity index (χ0) is 28.2. The fourth-order valence-corrected chi connectivity index (χ4v) is 5.75. The lowest BCUT2D eigenvalue weighted by Crippen LogP contribution is -2.43. The number of benzene rings is 1. The zero-order valence-corrected chi connectivity index (χ0v) is 22.3. The molecule has 2 aliphatic rings. The van der Waals surface area contributed by atoms with Crippen molar-refractivity contribution in [2.75, 3.05) is 0 Å². The van der Waals surface area contributed by atoms with E-state index in [2.05, 4.69) is 9.94 Å². The second-order valence-corrected chi connectivity index (χ2v) is 10.8. The minimum absolute atomic E-state index is 0.120. The molecule has 8 nitrogen and oxygen atoms in total. The Kier molecular flexibility index (Phi) is 6.79. The number of hydrogen-bond acceptors (Lipinski definition) is 4. The lowest BCUT2D eigenvalue weighted by Gasteiger charge is -2.34. The average Bonchev–Trinajstić information content (AvgIpc) is 3.48. The largest absolute Gasteiger partial charge is 0.408 e. The van der Waals surface area contributed by atoms with E-state index < -0.39 is 24.6 Å². The molecule has 4 atom stereocenters. The highest BCUT2D eigenvalue weighted by atomic mass is 35.5. The molecule has 4 heterocycles. The van der Waals surface area contributed by atoms with Gasteiger partial charge < -0.3 is 4.90 Å².